The van der Waals surface area contributed by atoms with Crippen LogP contribution in [0.4, 0.5) is 5.69 Å². The van der Waals surface area contributed by atoms with Gasteiger partial charge in [-0.25, -0.2) is 8.42 Å². The maximum Gasteiger partial charge on any atom is 0.155 e. The van der Waals surface area contributed by atoms with Crippen LogP contribution in [0.2, 0.25) is 5.02 Å². The zero-order chi connectivity index (χ0) is 13.3. The van der Waals surface area contributed by atoms with Crippen LogP contribution < -0.4 is 10.1 Å². The second-order valence-corrected chi connectivity index (χ2v) is 6.81. The van der Waals surface area contributed by atoms with E-state index in [0.29, 0.717) is 16.5 Å². The average Bonchev–Trinajstić information content (AvgIpc) is 2.52. The van der Waals surface area contributed by atoms with Gasteiger partial charge in [0.15, 0.2) is 9.84 Å². The number of ether oxygens (including phenoxy) is 1. The highest BCUT2D eigenvalue weighted by Crippen LogP contribution is 2.28. The van der Waals surface area contributed by atoms with Crippen molar-refractivity contribution in [3.8, 4) is 5.75 Å². The Hall–Kier alpha value is -0.980. The first-order chi connectivity index (χ1) is 8.41. The molecule has 5 nitrogen and oxygen atoms in total. The van der Waals surface area contributed by atoms with Crippen molar-refractivity contribution in [2.75, 3.05) is 23.9 Å². The number of benzene rings is 1. The third-order valence-electron chi connectivity index (χ3n) is 2.83. The molecule has 2 unspecified atom stereocenters. The van der Waals surface area contributed by atoms with E-state index in [4.69, 9.17) is 16.3 Å². The van der Waals surface area contributed by atoms with E-state index in [1.165, 1.54) is 7.11 Å². The van der Waals surface area contributed by atoms with Crippen LogP contribution in [0.25, 0.3) is 0 Å². The predicted molar refractivity (Wildman–Crippen MR) is 70.1 cm³/mol. The largest absolute Gasteiger partial charge is 0.495 e. The lowest BCUT2D eigenvalue weighted by molar-refractivity contribution is 0.190. The Morgan fingerprint density at radius 2 is 2.17 bits per heavy atom. The van der Waals surface area contributed by atoms with Gasteiger partial charge in [0.25, 0.3) is 0 Å². The van der Waals surface area contributed by atoms with E-state index in [1.54, 1.807) is 18.2 Å². The minimum absolute atomic E-state index is 0.0716. The van der Waals surface area contributed by atoms with E-state index in [9.17, 15) is 13.5 Å². The van der Waals surface area contributed by atoms with Crippen molar-refractivity contribution in [2.45, 2.75) is 12.1 Å². The van der Waals surface area contributed by atoms with Gasteiger partial charge in [-0.3, -0.25) is 0 Å². The number of aliphatic hydroxyl groups excluding tert-OH is 1. The number of anilines is 1. The summed E-state index contributed by atoms with van der Waals surface area (Å²) >= 11 is 5.96. The van der Waals surface area contributed by atoms with Crippen LogP contribution in [0, 0.1) is 0 Å². The zero-order valence-electron chi connectivity index (χ0n) is 9.76. The predicted octanol–water partition coefficient (Wildman–Crippen LogP) is 0.918. The summed E-state index contributed by atoms with van der Waals surface area (Å²) in [5.74, 6) is 0.272. The molecule has 0 saturated carbocycles. The molecular formula is C11H14ClNO4S. The lowest BCUT2D eigenvalue weighted by Gasteiger charge is -2.17. The first-order valence-corrected chi connectivity index (χ1v) is 7.60. The van der Waals surface area contributed by atoms with Crippen molar-refractivity contribution >= 4 is 27.1 Å². The fraction of sp³-hybridized carbons (Fsp3) is 0.455. The molecule has 1 aliphatic heterocycles. The maximum absolute atomic E-state index is 11.4. The minimum atomic E-state index is -3.16. The Labute approximate surface area is 111 Å². The summed E-state index contributed by atoms with van der Waals surface area (Å²) < 4.78 is 27.7. The summed E-state index contributed by atoms with van der Waals surface area (Å²) in [7, 11) is -1.64. The first kappa shape index (κ1) is 13.5. The highest BCUT2D eigenvalue weighted by Gasteiger charge is 2.36. The fourth-order valence-corrected chi connectivity index (χ4v) is 3.94. The lowest BCUT2D eigenvalue weighted by Crippen LogP contribution is -2.31. The molecule has 0 aromatic heterocycles. The fourth-order valence-electron chi connectivity index (χ4n) is 1.94. The van der Waals surface area contributed by atoms with Gasteiger partial charge in [-0.15, -0.1) is 0 Å². The molecule has 1 heterocycles. The number of hydrogen-bond acceptors (Lipinski definition) is 5. The number of nitrogens with one attached hydrogen (secondary N) is 1. The van der Waals surface area contributed by atoms with Gasteiger partial charge in [0.1, 0.15) is 5.75 Å². The van der Waals surface area contributed by atoms with Crippen molar-refractivity contribution in [1.29, 1.82) is 0 Å². The molecule has 2 N–H and O–H groups in total. The van der Waals surface area contributed by atoms with Crippen LogP contribution in [0.15, 0.2) is 18.2 Å². The van der Waals surface area contributed by atoms with Crippen LogP contribution >= 0.6 is 11.6 Å². The van der Waals surface area contributed by atoms with Gasteiger partial charge >= 0.3 is 0 Å². The molecule has 7 heteroatoms. The third-order valence-corrected chi connectivity index (χ3v) is 4.84. The van der Waals surface area contributed by atoms with Gasteiger partial charge in [-0.2, -0.15) is 0 Å². The molecule has 2 rings (SSSR count). The Balaban J connectivity index is 2.13. The SMILES string of the molecule is COc1ccc(NC2CS(=O)(=O)CC2O)cc1Cl. The third kappa shape index (κ3) is 2.88. The number of rotatable bonds is 3. The highest BCUT2D eigenvalue weighted by molar-refractivity contribution is 7.91. The summed E-state index contributed by atoms with van der Waals surface area (Å²) in [5, 5.41) is 13.1. The van der Waals surface area contributed by atoms with Gasteiger partial charge in [-0.1, -0.05) is 11.6 Å². The number of methoxy groups -OCH3 is 1. The first-order valence-electron chi connectivity index (χ1n) is 5.40. The average molecular weight is 292 g/mol. The second kappa shape index (κ2) is 4.95. The summed E-state index contributed by atoms with van der Waals surface area (Å²) in [5.41, 5.74) is 0.655. The highest BCUT2D eigenvalue weighted by atomic mass is 35.5. The van der Waals surface area contributed by atoms with Gasteiger partial charge < -0.3 is 15.2 Å². The Morgan fingerprint density at radius 1 is 1.44 bits per heavy atom. The van der Waals surface area contributed by atoms with Crippen LogP contribution in [-0.4, -0.2) is 44.3 Å². The van der Waals surface area contributed by atoms with Gasteiger partial charge in [-0.05, 0) is 18.2 Å². The Bertz CT molecular complexity index is 546. The molecule has 18 heavy (non-hydrogen) atoms. The normalized spacial score (nSPS) is 25.9. The maximum atomic E-state index is 11.4. The molecule has 1 aliphatic rings. The number of sulfone groups is 1. The molecule has 0 spiro atoms. The smallest absolute Gasteiger partial charge is 0.155 e. The summed E-state index contributed by atoms with van der Waals surface area (Å²) in [6.45, 7) is 0. The summed E-state index contributed by atoms with van der Waals surface area (Å²) in [4.78, 5) is 0. The zero-order valence-corrected chi connectivity index (χ0v) is 11.3. The molecule has 100 valence electrons. The molecule has 0 amide bonds. The molecule has 0 aliphatic carbocycles. The number of aliphatic hydroxyl groups is 1. The van der Waals surface area contributed by atoms with Crippen LogP contribution in [-0.2, 0) is 9.84 Å². The molecule has 0 radical (unpaired) electrons. The topological polar surface area (TPSA) is 75.6 Å². The standard InChI is InChI=1S/C11H14ClNO4S/c1-17-11-3-2-7(4-8(11)12)13-9-5-18(15,16)6-10(9)14/h2-4,9-10,13-14H,5-6H2,1H3. The molecule has 1 fully saturated rings. The second-order valence-electron chi connectivity index (χ2n) is 4.24. The van der Waals surface area contributed by atoms with E-state index in [-0.39, 0.29) is 11.5 Å². The monoisotopic (exact) mass is 291 g/mol. The molecule has 1 saturated heterocycles. The van der Waals surface area contributed by atoms with E-state index >= 15 is 0 Å². The van der Waals surface area contributed by atoms with Crippen LogP contribution in [0.3, 0.4) is 0 Å². The number of hydrogen-bond donors (Lipinski definition) is 2. The van der Waals surface area contributed by atoms with Crippen LogP contribution in [0.5, 0.6) is 5.75 Å². The molecule has 1 aromatic rings. The molecule has 2 atom stereocenters. The van der Waals surface area contributed by atoms with E-state index < -0.39 is 22.0 Å². The lowest BCUT2D eigenvalue weighted by atomic mass is 10.2. The quantitative estimate of drug-likeness (QED) is 0.866. The van der Waals surface area contributed by atoms with Crippen molar-refractivity contribution in [3.05, 3.63) is 23.2 Å². The van der Waals surface area contributed by atoms with Crippen LogP contribution in [0.1, 0.15) is 0 Å². The van der Waals surface area contributed by atoms with E-state index in [2.05, 4.69) is 5.32 Å². The molecule has 0 bridgehead atoms. The minimum Gasteiger partial charge on any atom is -0.495 e. The van der Waals surface area contributed by atoms with E-state index in [1.807, 2.05) is 0 Å². The van der Waals surface area contributed by atoms with Crippen molar-refractivity contribution in [3.63, 3.8) is 0 Å². The summed E-state index contributed by atoms with van der Waals surface area (Å²) in [6.07, 6.45) is -0.893. The summed E-state index contributed by atoms with van der Waals surface area (Å²) in [6, 6.07) is 4.54. The van der Waals surface area contributed by atoms with Gasteiger partial charge in [0.2, 0.25) is 0 Å². The van der Waals surface area contributed by atoms with E-state index in [0.717, 1.165) is 0 Å². The number of halogens is 1. The molecule has 1 aromatic carbocycles. The van der Waals surface area contributed by atoms with Gasteiger partial charge in [0, 0.05) is 5.69 Å². The van der Waals surface area contributed by atoms with Gasteiger partial charge in [0.05, 0.1) is 35.8 Å². The van der Waals surface area contributed by atoms with Crippen molar-refractivity contribution < 1.29 is 18.3 Å². The van der Waals surface area contributed by atoms with Crippen molar-refractivity contribution in [2.24, 2.45) is 0 Å². The molecular weight excluding hydrogens is 278 g/mol. The Kier molecular flexibility index (Phi) is 3.70. The van der Waals surface area contributed by atoms with Crippen molar-refractivity contribution in [1.82, 2.24) is 0 Å². The Morgan fingerprint density at radius 3 is 2.67 bits per heavy atom.